The molecule has 0 aliphatic carbocycles. The fraction of sp³-hybridized carbons (Fsp3) is 0.158. The number of carbonyl (C=O) groups is 2. The highest BCUT2D eigenvalue weighted by molar-refractivity contribution is 6.88. The number of carboxylic acids is 1. The summed E-state index contributed by atoms with van der Waals surface area (Å²) in [6.07, 6.45) is 1.03. The van der Waals surface area contributed by atoms with E-state index < -0.39 is 19.8 Å². The Morgan fingerprint density at radius 3 is 2.00 bits per heavy atom. The van der Waals surface area contributed by atoms with Crippen LogP contribution >= 0.6 is 0 Å². The van der Waals surface area contributed by atoms with Gasteiger partial charge in [0.15, 0.2) is 5.78 Å². The van der Waals surface area contributed by atoms with Gasteiger partial charge in [-0.25, -0.2) is 4.79 Å². The normalized spacial score (nSPS) is 12.0. The molecule has 6 heteroatoms. The Balaban J connectivity index is 2.34. The molecule has 25 heavy (non-hydrogen) atoms. The number of allylic oxidation sites excluding steroid dienone is 1. The van der Waals surface area contributed by atoms with Gasteiger partial charge < -0.3 is 15.3 Å². The predicted octanol–water partition coefficient (Wildman–Crippen LogP) is 3.42. The number of phenols is 1. The molecule has 0 aliphatic rings. The first-order valence-corrected chi connectivity index (χ1v) is 11.2. The number of ketones is 1. The monoisotopic (exact) mass is 356 g/mol. The summed E-state index contributed by atoms with van der Waals surface area (Å²) in [5, 5.41) is 30.0. The van der Waals surface area contributed by atoms with Crippen molar-refractivity contribution in [1.82, 2.24) is 0 Å². The molecule has 0 atom stereocenters. The molecule has 0 unspecified atom stereocenters. The van der Waals surface area contributed by atoms with Gasteiger partial charge in [0.2, 0.25) is 0 Å². The number of carboxylic acid groups (broad SMARTS) is 1. The van der Waals surface area contributed by atoms with E-state index in [2.05, 4.69) is 19.6 Å². The molecular weight excluding hydrogens is 336 g/mol. The smallest absolute Gasteiger partial charge is 0.335 e. The summed E-state index contributed by atoms with van der Waals surface area (Å²) in [6.45, 7) is 6.39. The zero-order valence-corrected chi connectivity index (χ0v) is 15.3. The molecule has 0 saturated heterocycles. The molecule has 0 saturated carbocycles. The second-order valence-corrected chi connectivity index (χ2v) is 11.8. The van der Waals surface area contributed by atoms with Crippen LogP contribution in [0.2, 0.25) is 19.6 Å². The maximum Gasteiger partial charge on any atom is 0.335 e. The van der Waals surface area contributed by atoms with Crippen molar-refractivity contribution in [2.45, 2.75) is 19.6 Å². The molecule has 0 aliphatic heterocycles. The fourth-order valence-electron chi connectivity index (χ4n) is 2.27. The lowest BCUT2D eigenvalue weighted by atomic mass is 10.1. The van der Waals surface area contributed by atoms with E-state index in [0.717, 1.165) is 11.3 Å². The number of hydrogen-bond acceptors (Lipinski definition) is 4. The fourth-order valence-corrected chi connectivity index (χ4v) is 3.43. The second-order valence-electron chi connectivity index (χ2n) is 6.76. The van der Waals surface area contributed by atoms with Gasteiger partial charge in [-0.2, -0.15) is 0 Å². The van der Waals surface area contributed by atoms with Gasteiger partial charge in [-0.15, -0.1) is 0 Å². The van der Waals surface area contributed by atoms with Gasteiger partial charge >= 0.3 is 5.97 Å². The van der Waals surface area contributed by atoms with Gasteiger partial charge in [0.1, 0.15) is 11.5 Å². The van der Waals surface area contributed by atoms with Gasteiger partial charge in [-0.3, -0.25) is 4.79 Å². The molecule has 0 aromatic heterocycles. The SMILES string of the molecule is C[Si](C)(C)c1ccc(O)c(C(=O)C=C(O)c2ccc(C(=O)O)cc2)c1. The third-order valence-corrected chi connectivity index (χ3v) is 5.87. The number of aliphatic hydroxyl groups excluding tert-OH is 1. The maximum atomic E-state index is 12.4. The molecule has 0 radical (unpaired) electrons. The second kappa shape index (κ2) is 6.94. The molecule has 0 fully saturated rings. The third kappa shape index (κ3) is 4.36. The minimum absolute atomic E-state index is 0.0864. The van der Waals surface area contributed by atoms with Crippen LogP contribution in [0.4, 0.5) is 0 Å². The first-order valence-electron chi connectivity index (χ1n) is 7.72. The summed E-state index contributed by atoms with van der Waals surface area (Å²) in [6, 6.07) is 10.5. The van der Waals surface area contributed by atoms with Crippen LogP contribution in [0.1, 0.15) is 26.3 Å². The number of aromatic carboxylic acids is 1. The molecule has 2 aromatic rings. The zero-order valence-electron chi connectivity index (χ0n) is 14.3. The highest BCUT2D eigenvalue weighted by atomic mass is 28.3. The highest BCUT2D eigenvalue weighted by Gasteiger charge is 2.20. The number of carbonyl (C=O) groups excluding carboxylic acids is 1. The Hall–Kier alpha value is -2.86. The van der Waals surface area contributed by atoms with E-state index >= 15 is 0 Å². The topological polar surface area (TPSA) is 94.8 Å². The van der Waals surface area contributed by atoms with Crippen molar-refractivity contribution < 1.29 is 24.9 Å². The van der Waals surface area contributed by atoms with E-state index in [1.807, 2.05) is 6.07 Å². The van der Waals surface area contributed by atoms with E-state index in [1.165, 1.54) is 30.3 Å². The number of rotatable bonds is 5. The summed E-state index contributed by atoms with van der Waals surface area (Å²) < 4.78 is 0. The van der Waals surface area contributed by atoms with Crippen molar-refractivity contribution in [3.05, 3.63) is 65.2 Å². The Morgan fingerprint density at radius 2 is 1.48 bits per heavy atom. The Labute approximate surface area is 146 Å². The predicted molar refractivity (Wildman–Crippen MR) is 99.4 cm³/mol. The van der Waals surface area contributed by atoms with Gasteiger partial charge in [0.25, 0.3) is 0 Å². The molecule has 0 heterocycles. The van der Waals surface area contributed by atoms with Crippen molar-refractivity contribution in [2.75, 3.05) is 0 Å². The first kappa shape index (κ1) is 18.5. The standard InChI is InChI=1S/C19H20O5Si/c1-25(2,3)14-8-9-16(20)15(10-14)18(22)11-17(21)12-4-6-13(7-5-12)19(23)24/h4-11,20-21H,1-3H3,(H,23,24). The Morgan fingerprint density at radius 1 is 0.920 bits per heavy atom. The molecule has 0 amide bonds. The maximum absolute atomic E-state index is 12.4. The lowest BCUT2D eigenvalue weighted by Crippen LogP contribution is -2.37. The van der Waals surface area contributed by atoms with Crippen molar-refractivity contribution in [3.63, 3.8) is 0 Å². The van der Waals surface area contributed by atoms with Crippen LogP contribution in [0.15, 0.2) is 48.5 Å². The average molecular weight is 356 g/mol. The van der Waals surface area contributed by atoms with Crippen LogP contribution in [0.3, 0.4) is 0 Å². The summed E-state index contributed by atoms with van der Waals surface area (Å²) >= 11 is 0. The van der Waals surface area contributed by atoms with E-state index in [9.17, 15) is 19.8 Å². The van der Waals surface area contributed by atoms with Crippen LogP contribution < -0.4 is 5.19 Å². The molecule has 5 nitrogen and oxygen atoms in total. The highest BCUT2D eigenvalue weighted by Crippen LogP contribution is 2.20. The summed E-state index contributed by atoms with van der Waals surface area (Å²) in [7, 11) is -1.66. The molecule has 130 valence electrons. The van der Waals surface area contributed by atoms with Gasteiger partial charge in [-0.1, -0.05) is 43.0 Å². The van der Waals surface area contributed by atoms with Crippen LogP contribution in [0.25, 0.3) is 5.76 Å². The van der Waals surface area contributed by atoms with E-state index in [1.54, 1.807) is 6.07 Å². The minimum Gasteiger partial charge on any atom is -0.507 e. The molecule has 2 aromatic carbocycles. The van der Waals surface area contributed by atoms with Crippen LogP contribution in [0.5, 0.6) is 5.75 Å². The first-order chi connectivity index (χ1) is 11.6. The molecular formula is C19H20O5Si. The molecule has 0 spiro atoms. The quantitative estimate of drug-likeness (QED) is 0.330. The van der Waals surface area contributed by atoms with Crippen LogP contribution in [0, 0.1) is 0 Å². The molecule has 2 rings (SSSR count). The third-order valence-electron chi connectivity index (χ3n) is 3.82. The Kier molecular flexibility index (Phi) is 5.13. The number of hydrogen-bond donors (Lipinski definition) is 3. The van der Waals surface area contributed by atoms with E-state index in [0.29, 0.717) is 5.56 Å². The number of phenolic OH excluding ortho intramolecular Hbond substituents is 1. The zero-order chi connectivity index (χ0) is 18.8. The minimum atomic E-state index is -1.66. The lowest BCUT2D eigenvalue weighted by Gasteiger charge is -2.17. The summed E-state index contributed by atoms with van der Waals surface area (Å²) in [5.74, 6) is -2.02. The van der Waals surface area contributed by atoms with Crippen molar-refractivity contribution >= 4 is 30.8 Å². The summed E-state index contributed by atoms with van der Waals surface area (Å²) in [5.41, 5.74) is 0.538. The largest absolute Gasteiger partial charge is 0.507 e. The molecule has 3 N–H and O–H groups in total. The summed E-state index contributed by atoms with van der Waals surface area (Å²) in [4.78, 5) is 23.3. The average Bonchev–Trinajstić information content (AvgIpc) is 2.54. The van der Waals surface area contributed by atoms with Crippen molar-refractivity contribution in [2.24, 2.45) is 0 Å². The Bertz CT molecular complexity index is 845. The van der Waals surface area contributed by atoms with Gasteiger partial charge in [-0.05, 0) is 24.3 Å². The number of benzene rings is 2. The van der Waals surface area contributed by atoms with Crippen LogP contribution in [-0.2, 0) is 0 Å². The van der Waals surface area contributed by atoms with Crippen molar-refractivity contribution in [3.8, 4) is 5.75 Å². The van der Waals surface area contributed by atoms with Gasteiger partial charge in [0.05, 0.1) is 19.2 Å². The number of aromatic hydroxyl groups is 1. The lowest BCUT2D eigenvalue weighted by molar-refractivity contribution is 0.0696. The van der Waals surface area contributed by atoms with Crippen molar-refractivity contribution in [1.29, 1.82) is 0 Å². The molecule has 0 bridgehead atoms. The van der Waals surface area contributed by atoms with E-state index in [-0.39, 0.29) is 22.6 Å². The van der Waals surface area contributed by atoms with E-state index in [4.69, 9.17) is 5.11 Å². The van der Waals surface area contributed by atoms with Crippen LogP contribution in [-0.4, -0.2) is 35.1 Å². The van der Waals surface area contributed by atoms with Gasteiger partial charge in [0, 0.05) is 11.6 Å². The number of aliphatic hydroxyl groups is 1.